The minimum Gasteiger partial charge on any atom is -0.493 e. The van der Waals surface area contributed by atoms with Crippen molar-refractivity contribution in [2.75, 3.05) is 31.5 Å². The number of methoxy groups -OCH3 is 2. The smallest absolute Gasteiger partial charge is 0.412 e. The first-order chi connectivity index (χ1) is 15.0. The first-order valence-corrected chi connectivity index (χ1v) is 9.51. The molecule has 2 N–H and O–H groups in total. The van der Waals surface area contributed by atoms with E-state index >= 15 is 0 Å². The molecular weight excluding hydrogens is 423 g/mol. The number of carbonyl (C=O) groups excluding carboxylic acids is 3. The molecule has 0 unspecified atom stereocenters. The second-order valence-electron chi connectivity index (χ2n) is 7.50. The van der Waals surface area contributed by atoms with Gasteiger partial charge in [-0.2, -0.15) is 0 Å². The van der Waals surface area contributed by atoms with Crippen molar-refractivity contribution < 1.29 is 37.7 Å². The van der Waals surface area contributed by atoms with E-state index in [0.717, 1.165) is 12.1 Å². The average molecular weight is 448 g/mol. The second-order valence-corrected chi connectivity index (χ2v) is 7.50. The topological polar surface area (TPSA) is 112 Å². The maximum absolute atomic E-state index is 13.8. The van der Waals surface area contributed by atoms with Crippen LogP contribution < -0.4 is 20.1 Å². The van der Waals surface area contributed by atoms with Crippen LogP contribution in [0.5, 0.6) is 11.5 Å². The van der Waals surface area contributed by atoms with Crippen LogP contribution in [0.4, 0.5) is 20.6 Å². The molecular formula is C22H25FN2O7. The van der Waals surface area contributed by atoms with Crippen LogP contribution in [0.3, 0.4) is 0 Å². The lowest BCUT2D eigenvalue weighted by molar-refractivity contribution is -0.142. The lowest BCUT2D eigenvalue weighted by atomic mass is 10.1. The largest absolute Gasteiger partial charge is 0.493 e. The molecule has 32 heavy (non-hydrogen) atoms. The highest BCUT2D eigenvalue weighted by Crippen LogP contribution is 2.29. The average Bonchev–Trinajstić information content (AvgIpc) is 2.72. The molecule has 10 heteroatoms. The third-order valence-electron chi connectivity index (χ3n) is 3.86. The lowest BCUT2D eigenvalue weighted by Crippen LogP contribution is -2.27. The molecule has 0 spiro atoms. The van der Waals surface area contributed by atoms with Crippen LogP contribution in [0.15, 0.2) is 36.4 Å². The van der Waals surface area contributed by atoms with Gasteiger partial charge < -0.3 is 24.3 Å². The predicted molar refractivity (Wildman–Crippen MR) is 115 cm³/mol. The molecule has 0 radical (unpaired) electrons. The molecule has 0 heterocycles. The van der Waals surface area contributed by atoms with Gasteiger partial charge >= 0.3 is 12.1 Å². The first kappa shape index (κ1) is 24.4. The van der Waals surface area contributed by atoms with Crippen molar-refractivity contribution in [2.45, 2.75) is 26.4 Å². The zero-order valence-corrected chi connectivity index (χ0v) is 18.4. The van der Waals surface area contributed by atoms with Crippen molar-refractivity contribution in [3.63, 3.8) is 0 Å². The molecule has 0 saturated heterocycles. The summed E-state index contributed by atoms with van der Waals surface area (Å²) in [7, 11) is 2.60. The van der Waals surface area contributed by atoms with Gasteiger partial charge in [-0.3, -0.25) is 10.1 Å². The van der Waals surface area contributed by atoms with E-state index in [0.29, 0.717) is 0 Å². The fourth-order valence-electron chi connectivity index (χ4n) is 2.46. The Hall–Kier alpha value is -3.82. The quantitative estimate of drug-likeness (QED) is 0.616. The predicted octanol–water partition coefficient (Wildman–Crippen LogP) is 3.99. The number of hydrogen-bond donors (Lipinski definition) is 2. The van der Waals surface area contributed by atoms with Crippen molar-refractivity contribution in [2.24, 2.45) is 0 Å². The van der Waals surface area contributed by atoms with Gasteiger partial charge in [0.05, 0.1) is 25.6 Å². The summed E-state index contributed by atoms with van der Waals surface area (Å²) >= 11 is 0. The van der Waals surface area contributed by atoms with Crippen LogP contribution in [-0.4, -0.2) is 44.4 Å². The molecule has 9 nitrogen and oxygen atoms in total. The summed E-state index contributed by atoms with van der Waals surface area (Å²) in [4.78, 5) is 36.1. The van der Waals surface area contributed by atoms with E-state index in [1.54, 1.807) is 20.8 Å². The summed E-state index contributed by atoms with van der Waals surface area (Å²) in [6, 6.07) is 7.78. The molecule has 0 saturated carbocycles. The molecule has 0 aliphatic rings. The molecule has 0 fully saturated rings. The monoisotopic (exact) mass is 448 g/mol. The fourth-order valence-corrected chi connectivity index (χ4v) is 2.46. The Bertz CT molecular complexity index is 1000. The highest BCUT2D eigenvalue weighted by atomic mass is 19.1. The van der Waals surface area contributed by atoms with E-state index in [4.69, 9.17) is 14.2 Å². The molecule has 0 aliphatic heterocycles. The van der Waals surface area contributed by atoms with Gasteiger partial charge in [0.15, 0.2) is 18.1 Å². The third-order valence-corrected chi connectivity index (χ3v) is 3.86. The summed E-state index contributed by atoms with van der Waals surface area (Å²) in [6.45, 7) is 4.77. The van der Waals surface area contributed by atoms with Gasteiger partial charge in [0, 0.05) is 5.56 Å². The van der Waals surface area contributed by atoms with Crippen molar-refractivity contribution in [3.05, 3.63) is 47.8 Å². The van der Waals surface area contributed by atoms with Gasteiger partial charge in [0.1, 0.15) is 11.4 Å². The van der Waals surface area contributed by atoms with E-state index < -0.39 is 29.4 Å². The molecule has 0 aliphatic carbocycles. The Morgan fingerprint density at radius 1 is 0.938 bits per heavy atom. The van der Waals surface area contributed by atoms with Gasteiger partial charge in [-0.15, -0.1) is 0 Å². The number of nitrogens with one attached hydrogen (secondary N) is 2. The van der Waals surface area contributed by atoms with Gasteiger partial charge in [-0.05, 0) is 57.2 Å². The number of amides is 2. The Morgan fingerprint density at radius 2 is 1.66 bits per heavy atom. The Labute approximate surface area is 184 Å². The molecule has 172 valence electrons. The SMILES string of the molecule is COC(=O)COc1ccc(C(=O)Nc2cc(F)ccc2NC(=O)OC(C)(C)C)cc1OC. The zero-order valence-electron chi connectivity index (χ0n) is 18.4. The van der Waals surface area contributed by atoms with E-state index in [1.807, 2.05) is 0 Å². The number of carbonyl (C=O) groups is 3. The number of halogens is 1. The summed E-state index contributed by atoms with van der Waals surface area (Å²) in [5.74, 6) is -1.36. The van der Waals surface area contributed by atoms with E-state index in [9.17, 15) is 18.8 Å². The van der Waals surface area contributed by atoms with Gasteiger partial charge in [0.2, 0.25) is 0 Å². The van der Waals surface area contributed by atoms with Gasteiger partial charge in [-0.1, -0.05) is 0 Å². The van der Waals surface area contributed by atoms with Gasteiger partial charge in [-0.25, -0.2) is 14.0 Å². The third kappa shape index (κ3) is 7.15. The van der Waals surface area contributed by atoms with Crippen LogP contribution in [0.1, 0.15) is 31.1 Å². The minimum atomic E-state index is -0.756. The second kappa shape index (κ2) is 10.5. The minimum absolute atomic E-state index is 0.0332. The van der Waals surface area contributed by atoms with Crippen LogP contribution in [0.25, 0.3) is 0 Å². The number of anilines is 2. The summed E-state index contributed by atoms with van der Waals surface area (Å²) < 4.78 is 34.0. The highest BCUT2D eigenvalue weighted by Gasteiger charge is 2.19. The normalized spacial score (nSPS) is 10.7. The molecule has 2 rings (SSSR count). The molecule has 0 bridgehead atoms. The summed E-state index contributed by atoms with van der Waals surface area (Å²) in [6.07, 6.45) is -0.756. The van der Waals surface area contributed by atoms with E-state index in [-0.39, 0.29) is 35.0 Å². The van der Waals surface area contributed by atoms with Crippen molar-refractivity contribution >= 4 is 29.3 Å². The Kier molecular flexibility index (Phi) is 8.00. The first-order valence-electron chi connectivity index (χ1n) is 9.51. The number of benzene rings is 2. The van der Waals surface area contributed by atoms with Crippen LogP contribution in [0.2, 0.25) is 0 Å². The number of hydrogen-bond acceptors (Lipinski definition) is 7. The lowest BCUT2D eigenvalue weighted by Gasteiger charge is -2.20. The maximum atomic E-state index is 13.8. The van der Waals surface area contributed by atoms with Crippen molar-refractivity contribution in [1.82, 2.24) is 0 Å². The Morgan fingerprint density at radius 3 is 2.28 bits per heavy atom. The van der Waals surface area contributed by atoms with Crippen molar-refractivity contribution in [1.29, 1.82) is 0 Å². The Balaban J connectivity index is 2.20. The standard InChI is InChI=1S/C22H25FN2O7/c1-22(2,3)32-21(28)25-15-8-7-14(23)11-16(15)24-20(27)13-6-9-17(18(10-13)29-4)31-12-19(26)30-5/h6-11H,12H2,1-5H3,(H,24,27)(H,25,28). The van der Waals surface area contributed by atoms with Crippen LogP contribution in [0, 0.1) is 5.82 Å². The number of esters is 1. The molecule has 2 amide bonds. The number of rotatable bonds is 7. The zero-order chi connectivity index (χ0) is 23.9. The van der Waals surface area contributed by atoms with Crippen LogP contribution in [-0.2, 0) is 14.3 Å². The van der Waals surface area contributed by atoms with Crippen LogP contribution >= 0.6 is 0 Å². The molecule has 2 aromatic carbocycles. The van der Waals surface area contributed by atoms with E-state index in [1.165, 1.54) is 38.5 Å². The maximum Gasteiger partial charge on any atom is 0.412 e. The number of ether oxygens (including phenoxy) is 4. The van der Waals surface area contributed by atoms with Crippen molar-refractivity contribution in [3.8, 4) is 11.5 Å². The molecule has 0 aromatic heterocycles. The highest BCUT2D eigenvalue weighted by molar-refractivity contribution is 6.07. The summed E-state index contributed by atoms with van der Waals surface area (Å²) in [5, 5.41) is 5.03. The summed E-state index contributed by atoms with van der Waals surface area (Å²) in [5.41, 5.74) is -0.383. The fraction of sp³-hybridized carbons (Fsp3) is 0.318. The molecule has 0 atom stereocenters. The van der Waals surface area contributed by atoms with E-state index in [2.05, 4.69) is 15.4 Å². The van der Waals surface area contributed by atoms with Gasteiger partial charge in [0.25, 0.3) is 5.91 Å². The molecule has 2 aromatic rings.